The van der Waals surface area contributed by atoms with Gasteiger partial charge in [0.05, 0.1) is 12.1 Å². The van der Waals surface area contributed by atoms with Crippen LogP contribution >= 0.6 is 0 Å². The van der Waals surface area contributed by atoms with Gasteiger partial charge in [-0.1, -0.05) is 18.2 Å². The summed E-state index contributed by atoms with van der Waals surface area (Å²) in [4.78, 5) is 42.5. The Kier molecular flexibility index (Phi) is 4.79. The van der Waals surface area contributed by atoms with Crippen LogP contribution in [0.15, 0.2) is 24.3 Å². The molecular weight excluding hydrogens is 318 g/mol. The highest BCUT2D eigenvalue weighted by Crippen LogP contribution is 2.32. The van der Waals surface area contributed by atoms with Crippen LogP contribution in [0.1, 0.15) is 35.2 Å². The second-order valence-corrected chi connectivity index (χ2v) is 7.09. The van der Waals surface area contributed by atoms with Gasteiger partial charge in [0.15, 0.2) is 0 Å². The van der Waals surface area contributed by atoms with Gasteiger partial charge in [0.1, 0.15) is 6.54 Å². The Morgan fingerprint density at radius 3 is 2.56 bits per heavy atom. The summed E-state index contributed by atoms with van der Waals surface area (Å²) in [5.41, 5.74) is 1.68. The minimum absolute atomic E-state index is 0.000214. The van der Waals surface area contributed by atoms with Crippen molar-refractivity contribution in [2.24, 2.45) is 0 Å². The lowest BCUT2D eigenvalue weighted by Gasteiger charge is -2.39. The van der Waals surface area contributed by atoms with Crippen LogP contribution in [0.3, 0.4) is 0 Å². The molecule has 1 aromatic rings. The van der Waals surface area contributed by atoms with Gasteiger partial charge in [-0.2, -0.15) is 0 Å². The van der Waals surface area contributed by atoms with E-state index in [-0.39, 0.29) is 36.3 Å². The first-order valence-corrected chi connectivity index (χ1v) is 8.76. The number of carbonyl (C=O) groups excluding carboxylic acids is 3. The van der Waals surface area contributed by atoms with Gasteiger partial charge in [0, 0.05) is 32.6 Å². The molecule has 6 nitrogen and oxygen atoms in total. The van der Waals surface area contributed by atoms with Crippen molar-refractivity contribution in [2.75, 3.05) is 27.2 Å². The van der Waals surface area contributed by atoms with Crippen LogP contribution in [-0.2, 0) is 9.59 Å². The van der Waals surface area contributed by atoms with Crippen LogP contribution in [0.25, 0.3) is 0 Å². The average molecular weight is 343 g/mol. The molecule has 2 aliphatic heterocycles. The van der Waals surface area contributed by atoms with Gasteiger partial charge in [0.25, 0.3) is 5.91 Å². The second kappa shape index (κ2) is 6.86. The van der Waals surface area contributed by atoms with Crippen molar-refractivity contribution in [1.82, 2.24) is 14.7 Å². The summed E-state index contributed by atoms with van der Waals surface area (Å²) >= 11 is 0. The van der Waals surface area contributed by atoms with Crippen molar-refractivity contribution in [3.8, 4) is 0 Å². The molecular formula is C19H25N3O3. The molecule has 0 radical (unpaired) electrons. The zero-order valence-electron chi connectivity index (χ0n) is 15.1. The standard InChI is InChI=1S/C19H25N3O3/c1-13-6-4-5-7-14(13)19(25)21-11-10-16-15(21)8-9-17(23)22(16)12-18(24)20(2)3/h4-7,15-16H,8-12H2,1-3H3/t15-,16-/m1/s1. The lowest BCUT2D eigenvalue weighted by molar-refractivity contribution is -0.144. The fourth-order valence-corrected chi connectivity index (χ4v) is 3.86. The molecule has 2 atom stereocenters. The number of fused-ring (bicyclic) bond motifs is 1. The van der Waals surface area contributed by atoms with Crippen molar-refractivity contribution in [3.05, 3.63) is 35.4 Å². The van der Waals surface area contributed by atoms with Crippen molar-refractivity contribution in [1.29, 1.82) is 0 Å². The van der Waals surface area contributed by atoms with Gasteiger partial charge < -0.3 is 14.7 Å². The SMILES string of the molecule is Cc1ccccc1C(=O)N1CC[C@@H]2[C@H]1CCC(=O)N2CC(=O)N(C)C. The Morgan fingerprint density at radius 2 is 1.88 bits per heavy atom. The van der Waals surface area contributed by atoms with Gasteiger partial charge >= 0.3 is 0 Å². The van der Waals surface area contributed by atoms with E-state index >= 15 is 0 Å². The molecule has 0 bridgehead atoms. The average Bonchev–Trinajstić information content (AvgIpc) is 3.01. The van der Waals surface area contributed by atoms with E-state index in [0.717, 1.165) is 17.5 Å². The third-order valence-corrected chi connectivity index (χ3v) is 5.33. The maximum Gasteiger partial charge on any atom is 0.254 e. The Morgan fingerprint density at radius 1 is 1.16 bits per heavy atom. The van der Waals surface area contributed by atoms with E-state index in [1.807, 2.05) is 36.1 Å². The van der Waals surface area contributed by atoms with Crippen molar-refractivity contribution in [3.63, 3.8) is 0 Å². The van der Waals surface area contributed by atoms with Crippen LogP contribution in [-0.4, -0.2) is 71.7 Å². The first kappa shape index (κ1) is 17.5. The first-order valence-electron chi connectivity index (χ1n) is 8.76. The summed E-state index contributed by atoms with van der Waals surface area (Å²) in [6.07, 6.45) is 1.79. The molecule has 25 heavy (non-hydrogen) atoms. The third kappa shape index (κ3) is 3.25. The maximum atomic E-state index is 13.0. The van der Waals surface area contributed by atoms with E-state index in [1.54, 1.807) is 19.0 Å². The number of hydrogen-bond donors (Lipinski definition) is 0. The lowest BCUT2D eigenvalue weighted by atomic mass is 9.95. The monoisotopic (exact) mass is 343 g/mol. The predicted octanol–water partition coefficient (Wildman–Crippen LogP) is 1.29. The molecule has 0 aliphatic carbocycles. The molecule has 3 amide bonds. The van der Waals surface area contributed by atoms with Crippen molar-refractivity contribution in [2.45, 2.75) is 38.3 Å². The number of nitrogens with zero attached hydrogens (tertiary/aromatic N) is 3. The fraction of sp³-hybridized carbons (Fsp3) is 0.526. The highest BCUT2D eigenvalue weighted by atomic mass is 16.2. The van der Waals surface area contributed by atoms with E-state index in [4.69, 9.17) is 0 Å². The first-order chi connectivity index (χ1) is 11.9. The second-order valence-electron chi connectivity index (χ2n) is 7.09. The van der Waals surface area contributed by atoms with E-state index in [1.165, 1.54) is 4.90 Å². The number of amides is 3. The molecule has 2 fully saturated rings. The molecule has 0 aromatic heterocycles. The smallest absolute Gasteiger partial charge is 0.254 e. The minimum atomic E-state index is -0.0855. The fourth-order valence-electron chi connectivity index (χ4n) is 3.86. The Hall–Kier alpha value is -2.37. The van der Waals surface area contributed by atoms with E-state index < -0.39 is 0 Å². The number of likely N-dealkylation sites (tertiary alicyclic amines) is 2. The molecule has 134 valence electrons. The lowest BCUT2D eigenvalue weighted by Crippen LogP contribution is -2.55. The van der Waals surface area contributed by atoms with Crippen LogP contribution in [0.5, 0.6) is 0 Å². The zero-order chi connectivity index (χ0) is 18.1. The highest BCUT2D eigenvalue weighted by molar-refractivity contribution is 5.96. The Bertz CT molecular complexity index is 701. The van der Waals surface area contributed by atoms with E-state index in [0.29, 0.717) is 19.4 Å². The molecule has 1 aromatic carbocycles. The summed E-state index contributed by atoms with van der Waals surface area (Å²) < 4.78 is 0. The quantitative estimate of drug-likeness (QED) is 0.831. The number of hydrogen-bond acceptors (Lipinski definition) is 3. The molecule has 6 heteroatoms. The minimum Gasteiger partial charge on any atom is -0.347 e. The van der Waals surface area contributed by atoms with Crippen LogP contribution in [0.2, 0.25) is 0 Å². The molecule has 2 aliphatic rings. The van der Waals surface area contributed by atoms with Crippen LogP contribution in [0, 0.1) is 6.92 Å². The molecule has 0 saturated carbocycles. The summed E-state index contributed by atoms with van der Waals surface area (Å²) in [5, 5.41) is 0. The predicted molar refractivity (Wildman–Crippen MR) is 94.0 cm³/mol. The van der Waals surface area contributed by atoms with Gasteiger partial charge in [-0.05, 0) is 31.4 Å². The number of carbonyl (C=O) groups is 3. The Balaban J connectivity index is 1.79. The van der Waals surface area contributed by atoms with E-state index in [9.17, 15) is 14.4 Å². The third-order valence-electron chi connectivity index (χ3n) is 5.33. The number of likely N-dealkylation sites (N-methyl/N-ethyl adjacent to an activating group) is 1. The number of benzene rings is 1. The van der Waals surface area contributed by atoms with Crippen molar-refractivity contribution < 1.29 is 14.4 Å². The van der Waals surface area contributed by atoms with Crippen LogP contribution in [0.4, 0.5) is 0 Å². The number of rotatable bonds is 3. The molecule has 0 spiro atoms. The van der Waals surface area contributed by atoms with Crippen molar-refractivity contribution >= 4 is 17.7 Å². The van der Waals surface area contributed by atoms with Gasteiger partial charge in [0.2, 0.25) is 11.8 Å². The summed E-state index contributed by atoms with van der Waals surface area (Å²) in [5.74, 6) is -0.0434. The normalized spacial score (nSPS) is 22.8. The topological polar surface area (TPSA) is 60.9 Å². The maximum absolute atomic E-state index is 13.0. The number of aryl methyl sites for hydroxylation is 1. The van der Waals surface area contributed by atoms with E-state index in [2.05, 4.69) is 0 Å². The van der Waals surface area contributed by atoms with Crippen LogP contribution < -0.4 is 0 Å². The summed E-state index contributed by atoms with van der Waals surface area (Å²) in [7, 11) is 3.38. The molecule has 0 unspecified atom stereocenters. The van der Waals surface area contributed by atoms with Gasteiger partial charge in [-0.25, -0.2) is 0 Å². The molecule has 0 N–H and O–H groups in total. The molecule has 2 saturated heterocycles. The zero-order valence-corrected chi connectivity index (χ0v) is 15.1. The molecule has 2 heterocycles. The van der Waals surface area contributed by atoms with Gasteiger partial charge in [-0.3, -0.25) is 14.4 Å². The summed E-state index contributed by atoms with van der Waals surface area (Å²) in [6.45, 7) is 2.66. The Labute approximate surface area is 148 Å². The summed E-state index contributed by atoms with van der Waals surface area (Å²) in [6, 6.07) is 7.53. The highest BCUT2D eigenvalue weighted by Gasteiger charge is 2.45. The molecule has 3 rings (SSSR count). The largest absolute Gasteiger partial charge is 0.347 e. The van der Waals surface area contributed by atoms with Gasteiger partial charge in [-0.15, -0.1) is 0 Å². The number of piperidine rings is 1.